The molecule has 0 heterocycles. The Bertz CT molecular complexity index is 374. The highest BCUT2D eigenvalue weighted by Crippen LogP contribution is 2.34. The summed E-state index contributed by atoms with van der Waals surface area (Å²) >= 11 is 7.10. The maximum absolute atomic E-state index is 3.67. The van der Waals surface area contributed by atoms with Gasteiger partial charge in [-0.25, -0.2) is 0 Å². The third-order valence-electron chi connectivity index (χ3n) is 3.27. The predicted octanol–water partition coefficient (Wildman–Crippen LogP) is 4.66. The van der Waals surface area contributed by atoms with Crippen molar-refractivity contribution < 1.29 is 0 Å². The highest BCUT2D eigenvalue weighted by molar-refractivity contribution is 9.11. The standard InChI is InChI=1S/C13H17Br2N/c1-8(10-3-4-10)16-9(2)12-6-5-11(14)7-13(12)15/h5-10,16H,3-4H2,1-2H3. The minimum Gasteiger partial charge on any atom is -0.307 e. The first-order valence-electron chi connectivity index (χ1n) is 5.79. The van der Waals surface area contributed by atoms with E-state index in [4.69, 9.17) is 0 Å². The van der Waals surface area contributed by atoms with E-state index < -0.39 is 0 Å². The summed E-state index contributed by atoms with van der Waals surface area (Å²) in [6.07, 6.45) is 2.78. The molecule has 2 rings (SSSR count). The third kappa shape index (κ3) is 3.08. The monoisotopic (exact) mass is 345 g/mol. The van der Waals surface area contributed by atoms with Gasteiger partial charge in [0.2, 0.25) is 0 Å². The minimum absolute atomic E-state index is 0.401. The van der Waals surface area contributed by atoms with Crippen LogP contribution in [0.3, 0.4) is 0 Å². The Morgan fingerprint density at radius 1 is 1.25 bits per heavy atom. The molecule has 1 aliphatic rings. The molecule has 0 spiro atoms. The first kappa shape index (κ1) is 12.6. The van der Waals surface area contributed by atoms with Crippen LogP contribution >= 0.6 is 31.9 Å². The number of nitrogens with one attached hydrogen (secondary N) is 1. The van der Waals surface area contributed by atoms with E-state index in [0.717, 1.165) is 10.4 Å². The molecule has 1 saturated carbocycles. The molecule has 0 amide bonds. The van der Waals surface area contributed by atoms with Gasteiger partial charge in [-0.2, -0.15) is 0 Å². The predicted molar refractivity (Wildman–Crippen MR) is 75.6 cm³/mol. The number of hydrogen-bond acceptors (Lipinski definition) is 1. The molecule has 1 aliphatic carbocycles. The molecule has 0 radical (unpaired) electrons. The topological polar surface area (TPSA) is 12.0 Å². The first-order chi connectivity index (χ1) is 7.58. The molecular weight excluding hydrogens is 330 g/mol. The SMILES string of the molecule is CC(NC(C)C1CC1)c1ccc(Br)cc1Br. The Morgan fingerprint density at radius 3 is 2.50 bits per heavy atom. The van der Waals surface area contributed by atoms with Crippen molar-refractivity contribution in [1.29, 1.82) is 0 Å². The largest absolute Gasteiger partial charge is 0.307 e. The van der Waals surface area contributed by atoms with Crippen LogP contribution in [0, 0.1) is 5.92 Å². The lowest BCUT2D eigenvalue weighted by atomic mass is 10.1. The summed E-state index contributed by atoms with van der Waals surface area (Å²) in [6, 6.07) is 7.41. The molecule has 1 aromatic carbocycles. The van der Waals surface area contributed by atoms with Crippen molar-refractivity contribution in [2.24, 2.45) is 5.92 Å². The molecule has 0 saturated heterocycles. The molecule has 2 atom stereocenters. The van der Waals surface area contributed by atoms with Gasteiger partial charge in [-0.3, -0.25) is 0 Å². The average molecular weight is 347 g/mol. The van der Waals surface area contributed by atoms with Gasteiger partial charge in [0, 0.05) is 21.0 Å². The highest BCUT2D eigenvalue weighted by atomic mass is 79.9. The third-order valence-corrected chi connectivity index (χ3v) is 4.45. The summed E-state index contributed by atoms with van der Waals surface area (Å²) < 4.78 is 2.29. The summed E-state index contributed by atoms with van der Waals surface area (Å²) in [4.78, 5) is 0. The Morgan fingerprint density at radius 2 is 1.94 bits per heavy atom. The Labute approximate surface area is 114 Å². The summed E-state index contributed by atoms with van der Waals surface area (Å²) in [7, 11) is 0. The molecule has 3 heteroatoms. The summed E-state index contributed by atoms with van der Waals surface area (Å²) in [5.41, 5.74) is 1.33. The second-order valence-electron chi connectivity index (χ2n) is 4.68. The smallest absolute Gasteiger partial charge is 0.0305 e. The normalized spacial score (nSPS) is 19.5. The van der Waals surface area contributed by atoms with Crippen molar-refractivity contribution in [3.8, 4) is 0 Å². The van der Waals surface area contributed by atoms with Gasteiger partial charge < -0.3 is 5.32 Å². The van der Waals surface area contributed by atoms with Gasteiger partial charge in [-0.15, -0.1) is 0 Å². The molecular formula is C13H17Br2N. The van der Waals surface area contributed by atoms with Crippen molar-refractivity contribution in [2.75, 3.05) is 0 Å². The Hall–Kier alpha value is 0.140. The van der Waals surface area contributed by atoms with Gasteiger partial charge >= 0.3 is 0 Å². The van der Waals surface area contributed by atoms with E-state index in [1.165, 1.54) is 22.9 Å². The van der Waals surface area contributed by atoms with E-state index >= 15 is 0 Å². The van der Waals surface area contributed by atoms with E-state index in [1.807, 2.05) is 0 Å². The molecule has 88 valence electrons. The molecule has 0 aliphatic heterocycles. The van der Waals surface area contributed by atoms with E-state index in [0.29, 0.717) is 12.1 Å². The quantitative estimate of drug-likeness (QED) is 0.835. The number of hydrogen-bond donors (Lipinski definition) is 1. The highest BCUT2D eigenvalue weighted by Gasteiger charge is 2.28. The first-order valence-corrected chi connectivity index (χ1v) is 7.37. The van der Waals surface area contributed by atoms with Crippen LogP contribution in [0.5, 0.6) is 0 Å². The molecule has 0 bridgehead atoms. The van der Waals surface area contributed by atoms with Gasteiger partial charge in [-0.05, 0) is 50.3 Å². The zero-order valence-electron chi connectivity index (χ0n) is 9.63. The second kappa shape index (κ2) is 5.19. The van der Waals surface area contributed by atoms with Crippen LogP contribution in [0.4, 0.5) is 0 Å². The Kier molecular flexibility index (Phi) is 4.09. The van der Waals surface area contributed by atoms with E-state index in [2.05, 4.69) is 69.2 Å². The number of halogens is 2. The zero-order chi connectivity index (χ0) is 11.7. The van der Waals surface area contributed by atoms with E-state index in [9.17, 15) is 0 Å². The van der Waals surface area contributed by atoms with Gasteiger partial charge in [-0.1, -0.05) is 37.9 Å². The fraction of sp³-hybridized carbons (Fsp3) is 0.538. The van der Waals surface area contributed by atoms with Crippen LogP contribution in [0.1, 0.15) is 38.3 Å². The van der Waals surface area contributed by atoms with Crippen LogP contribution in [0.15, 0.2) is 27.1 Å². The molecule has 16 heavy (non-hydrogen) atoms. The number of rotatable bonds is 4. The molecule has 0 aromatic heterocycles. The van der Waals surface area contributed by atoms with Crippen LogP contribution in [-0.2, 0) is 0 Å². The molecule has 1 aromatic rings. The van der Waals surface area contributed by atoms with Gasteiger partial charge in [0.25, 0.3) is 0 Å². The fourth-order valence-electron chi connectivity index (χ4n) is 2.07. The zero-order valence-corrected chi connectivity index (χ0v) is 12.8. The van der Waals surface area contributed by atoms with Crippen molar-refractivity contribution >= 4 is 31.9 Å². The summed E-state index contributed by atoms with van der Waals surface area (Å²) in [5.74, 6) is 0.900. The molecule has 1 N–H and O–H groups in total. The lowest BCUT2D eigenvalue weighted by molar-refractivity contribution is 0.440. The van der Waals surface area contributed by atoms with Crippen molar-refractivity contribution in [3.63, 3.8) is 0 Å². The average Bonchev–Trinajstić information content (AvgIpc) is 2.99. The number of benzene rings is 1. The lowest BCUT2D eigenvalue weighted by Crippen LogP contribution is -2.30. The lowest BCUT2D eigenvalue weighted by Gasteiger charge is -2.21. The molecule has 1 nitrogen and oxygen atoms in total. The van der Waals surface area contributed by atoms with Gasteiger partial charge in [0.05, 0.1) is 0 Å². The summed E-state index contributed by atoms with van der Waals surface area (Å²) in [5, 5.41) is 3.67. The van der Waals surface area contributed by atoms with Crippen LogP contribution < -0.4 is 5.32 Å². The Balaban J connectivity index is 2.04. The summed E-state index contributed by atoms with van der Waals surface area (Å²) in [6.45, 7) is 4.52. The second-order valence-corrected chi connectivity index (χ2v) is 6.45. The molecule has 2 unspecified atom stereocenters. The minimum atomic E-state index is 0.401. The fourth-order valence-corrected chi connectivity index (χ4v) is 3.46. The maximum Gasteiger partial charge on any atom is 0.0305 e. The van der Waals surface area contributed by atoms with Crippen molar-refractivity contribution in [3.05, 3.63) is 32.7 Å². The van der Waals surface area contributed by atoms with Crippen LogP contribution in [0.2, 0.25) is 0 Å². The maximum atomic E-state index is 3.67. The van der Waals surface area contributed by atoms with Gasteiger partial charge in [0.15, 0.2) is 0 Å². The van der Waals surface area contributed by atoms with Crippen LogP contribution in [0.25, 0.3) is 0 Å². The van der Waals surface area contributed by atoms with Crippen molar-refractivity contribution in [2.45, 2.75) is 38.8 Å². The van der Waals surface area contributed by atoms with Crippen molar-refractivity contribution in [1.82, 2.24) is 5.32 Å². The van der Waals surface area contributed by atoms with Gasteiger partial charge in [0.1, 0.15) is 0 Å². The van der Waals surface area contributed by atoms with E-state index in [1.54, 1.807) is 0 Å². The van der Waals surface area contributed by atoms with E-state index in [-0.39, 0.29) is 0 Å². The van der Waals surface area contributed by atoms with Crippen LogP contribution in [-0.4, -0.2) is 6.04 Å². The molecule has 1 fully saturated rings.